The third-order valence-electron chi connectivity index (χ3n) is 7.25. The van der Waals surface area contributed by atoms with Gasteiger partial charge in [0.05, 0.1) is 30.0 Å². The maximum Gasteiger partial charge on any atom is 0.358 e. The van der Waals surface area contributed by atoms with Crippen LogP contribution in [0.3, 0.4) is 0 Å². The molecule has 50 heavy (non-hydrogen) atoms. The van der Waals surface area contributed by atoms with E-state index in [0.717, 1.165) is 25.8 Å². The molecule has 262 valence electrons. The molecule has 11 nitrogen and oxygen atoms in total. The molecule has 5 rings (SSSR count). The Morgan fingerprint density at radius 2 is 1.88 bits per heavy atom. The van der Waals surface area contributed by atoms with E-state index in [-0.39, 0.29) is 24.7 Å². The van der Waals surface area contributed by atoms with Crippen LogP contribution in [0.4, 0.5) is 26.3 Å². The van der Waals surface area contributed by atoms with Crippen LogP contribution in [-0.4, -0.2) is 85.1 Å². The van der Waals surface area contributed by atoms with Crippen LogP contribution in [0.15, 0.2) is 48.5 Å². The van der Waals surface area contributed by atoms with Gasteiger partial charge in [0.15, 0.2) is 39.2 Å². The van der Waals surface area contributed by atoms with E-state index in [1.165, 1.54) is 17.4 Å². The monoisotopic (exact) mass is 717 g/mol. The summed E-state index contributed by atoms with van der Waals surface area (Å²) in [5.41, 5.74) is 2.61. The highest BCUT2D eigenvalue weighted by Gasteiger charge is 2.24. The zero-order chi connectivity index (χ0) is 35.5. The molecule has 0 fully saturated rings. The van der Waals surface area contributed by atoms with Gasteiger partial charge < -0.3 is 24.4 Å². The van der Waals surface area contributed by atoms with E-state index >= 15 is 0 Å². The number of aryl methyl sites for hydroxylation is 2. The summed E-state index contributed by atoms with van der Waals surface area (Å²) in [5, 5.41) is 13.7. The van der Waals surface area contributed by atoms with Crippen molar-refractivity contribution in [3.63, 3.8) is 0 Å². The van der Waals surface area contributed by atoms with Gasteiger partial charge in [0.25, 0.3) is 0 Å². The van der Waals surface area contributed by atoms with E-state index < -0.39 is 11.8 Å². The lowest BCUT2D eigenvalue weighted by Crippen LogP contribution is -2.22. The Balaban J connectivity index is 1.32. The Labute approximate surface area is 299 Å². The first kappa shape index (κ1) is 36.6. The molecule has 0 saturated heterocycles. The van der Waals surface area contributed by atoms with E-state index in [1.807, 2.05) is 61.2 Å². The molecular weight excluding hydrogens is 678 g/mol. The maximum absolute atomic E-state index is 14.7. The highest BCUT2D eigenvalue weighted by molar-refractivity contribution is 7.22. The summed E-state index contributed by atoms with van der Waals surface area (Å²) >= 11 is 2.93. The standard InChI is InChI=1S/C36H40FN7O4S2/c1-6-47-34(45)32-30(15-10-21-48-28-17-16-25(23-26(28)37)12-9-18-43(3)4)50-36(39-32)44(19-11-20-46-5)31-22-24(2)33(42-41-31)40-35-38-27-13-7-8-14-29(27)49-35/h7-8,13-14,16-17,22-23H,6,10-11,15,18-21H2,1-5H3,(H,38,40,42). The first-order valence-corrected chi connectivity index (χ1v) is 17.8. The van der Waals surface area contributed by atoms with Gasteiger partial charge in [-0.05, 0) is 89.2 Å². The lowest BCUT2D eigenvalue weighted by molar-refractivity contribution is 0.0519. The van der Waals surface area contributed by atoms with Crippen LogP contribution in [0.1, 0.15) is 46.3 Å². The van der Waals surface area contributed by atoms with Crippen LogP contribution in [0.5, 0.6) is 5.75 Å². The number of hydrogen-bond donors (Lipinski definition) is 1. The number of anilines is 4. The summed E-state index contributed by atoms with van der Waals surface area (Å²) < 4.78 is 32.2. The predicted molar refractivity (Wildman–Crippen MR) is 197 cm³/mol. The Kier molecular flexibility index (Phi) is 13.0. The van der Waals surface area contributed by atoms with Crippen LogP contribution in [0, 0.1) is 24.6 Å². The van der Waals surface area contributed by atoms with Crippen LogP contribution < -0.4 is 15.0 Å². The molecule has 0 atom stereocenters. The minimum Gasteiger partial charge on any atom is -0.491 e. The first-order chi connectivity index (χ1) is 24.2. The summed E-state index contributed by atoms with van der Waals surface area (Å²) in [6.45, 7) is 5.80. The molecule has 0 saturated carbocycles. The average molecular weight is 718 g/mol. The smallest absolute Gasteiger partial charge is 0.358 e. The molecule has 0 amide bonds. The summed E-state index contributed by atoms with van der Waals surface area (Å²) in [4.78, 5) is 27.0. The highest BCUT2D eigenvalue weighted by Crippen LogP contribution is 2.34. The number of halogens is 1. The molecule has 2 aromatic carbocycles. The Morgan fingerprint density at radius 1 is 1.04 bits per heavy atom. The van der Waals surface area contributed by atoms with Crippen molar-refractivity contribution in [1.29, 1.82) is 0 Å². The summed E-state index contributed by atoms with van der Waals surface area (Å²) in [6, 6.07) is 14.6. The molecule has 0 aliphatic carbocycles. The predicted octanol–water partition coefficient (Wildman–Crippen LogP) is 7.01. The Bertz CT molecular complexity index is 1940. The Hall–Kier alpha value is -4.68. The molecule has 0 aliphatic heterocycles. The van der Waals surface area contributed by atoms with Crippen molar-refractivity contribution in [2.75, 3.05) is 64.3 Å². The van der Waals surface area contributed by atoms with E-state index in [9.17, 15) is 9.18 Å². The van der Waals surface area contributed by atoms with Gasteiger partial charge in [-0.2, -0.15) is 0 Å². The van der Waals surface area contributed by atoms with Crippen molar-refractivity contribution in [3.05, 3.63) is 76.0 Å². The van der Waals surface area contributed by atoms with Gasteiger partial charge in [-0.3, -0.25) is 4.90 Å². The van der Waals surface area contributed by atoms with Gasteiger partial charge in [-0.25, -0.2) is 19.2 Å². The van der Waals surface area contributed by atoms with E-state index in [1.54, 1.807) is 37.5 Å². The van der Waals surface area contributed by atoms with Crippen molar-refractivity contribution >= 4 is 60.8 Å². The van der Waals surface area contributed by atoms with Crippen LogP contribution in [0.2, 0.25) is 0 Å². The lowest BCUT2D eigenvalue weighted by atomic mass is 10.2. The maximum atomic E-state index is 14.7. The number of carbonyl (C=O) groups is 1. The lowest BCUT2D eigenvalue weighted by Gasteiger charge is -2.21. The van der Waals surface area contributed by atoms with Gasteiger partial charge in [0, 0.05) is 30.7 Å². The minimum absolute atomic E-state index is 0.151. The number of nitrogens with zero attached hydrogens (tertiary/aromatic N) is 6. The highest BCUT2D eigenvalue weighted by atomic mass is 32.1. The van der Waals surface area contributed by atoms with Gasteiger partial charge in [0.1, 0.15) is 0 Å². The first-order valence-electron chi connectivity index (χ1n) is 16.2. The molecule has 0 aliphatic rings. The number of ether oxygens (including phenoxy) is 3. The fraction of sp³-hybridized carbons (Fsp3) is 0.361. The van der Waals surface area contributed by atoms with Crippen molar-refractivity contribution in [2.45, 2.75) is 33.1 Å². The molecule has 14 heteroatoms. The quantitative estimate of drug-likeness (QED) is 0.0646. The molecule has 0 radical (unpaired) electrons. The molecule has 0 unspecified atom stereocenters. The van der Waals surface area contributed by atoms with E-state index in [0.29, 0.717) is 61.3 Å². The van der Waals surface area contributed by atoms with Crippen molar-refractivity contribution in [1.82, 2.24) is 25.1 Å². The number of fused-ring (bicyclic) bond motifs is 1. The second kappa shape index (κ2) is 17.8. The van der Waals surface area contributed by atoms with Gasteiger partial charge in [-0.15, -0.1) is 21.5 Å². The number of methoxy groups -OCH3 is 1. The number of para-hydroxylation sites is 1. The molecule has 0 bridgehead atoms. The summed E-state index contributed by atoms with van der Waals surface area (Å²) in [6.07, 6.45) is 1.68. The number of aromatic nitrogens is 4. The van der Waals surface area contributed by atoms with Gasteiger partial charge in [-0.1, -0.05) is 35.3 Å². The van der Waals surface area contributed by atoms with Crippen LogP contribution in [0.25, 0.3) is 10.2 Å². The van der Waals surface area contributed by atoms with E-state index in [4.69, 9.17) is 19.2 Å². The third kappa shape index (κ3) is 9.72. The van der Waals surface area contributed by atoms with Crippen molar-refractivity contribution < 1.29 is 23.4 Å². The number of hydrogen-bond acceptors (Lipinski definition) is 13. The number of benzene rings is 2. The zero-order valence-corrected chi connectivity index (χ0v) is 30.4. The molecule has 1 N–H and O–H groups in total. The normalized spacial score (nSPS) is 11.0. The van der Waals surface area contributed by atoms with Crippen molar-refractivity contribution in [2.24, 2.45) is 0 Å². The Morgan fingerprint density at radius 3 is 2.62 bits per heavy atom. The molecule has 3 aromatic heterocycles. The number of nitrogens with one attached hydrogen (secondary N) is 1. The SMILES string of the molecule is CCOC(=O)c1nc(N(CCCOC)c2cc(C)c(Nc3nc4ccccc4s3)nn2)sc1CCCOc1ccc(C#CCN(C)C)cc1F. The van der Waals surface area contributed by atoms with Crippen LogP contribution >= 0.6 is 22.7 Å². The molecule has 5 aromatic rings. The van der Waals surface area contributed by atoms with Gasteiger partial charge in [0.2, 0.25) is 0 Å². The topological polar surface area (TPSA) is 115 Å². The fourth-order valence-electron chi connectivity index (χ4n) is 4.82. The fourth-order valence-corrected chi connectivity index (χ4v) is 6.81. The molecule has 3 heterocycles. The van der Waals surface area contributed by atoms with Crippen LogP contribution in [-0.2, 0) is 15.9 Å². The number of thiazole rings is 2. The average Bonchev–Trinajstić information content (AvgIpc) is 3.71. The van der Waals surface area contributed by atoms with Gasteiger partial charge >= 0.3 is 5.97 Å². The van der Waals surface area contributed by atoms with E-state index in [2.05, 4.69) is 32.3 Å². The molecular formula is C36H40FN7O4S2. The molecule has 0 spiro atoms. The minimum atomic E-state index is -0.502. The second-order valence-corrected chi connectivity index (χ2v) is 13.6. The number of esters is 1. The number of carbonyl (C=O) groups excluding carboxylic acids is 1. The largest absolute Gasteiger partial charge is 0.491 e. The van der Waals surface area contributed by atoms with Crippen molar-refractivity contribution in [3.8, 4) is 17.6 Å². The summed E-state index contributed by atoms with van der Waals surface area (Å²) in [5.74, 6) is 6.31. The zero-order valence-electron chi connectivity index (χ0n) is 28.8. The summed E-state index contributed by atoms with van der Waals surface area (Å²) in [7, 11) is 5.50. The number of rotatable bonds is 16. The second-order valence-electron chi connectivity index (χ2n) is 11.5. The third-order valence-corrected chi connectivity index (χ3v) is 9.34.